The number of likely N-dealkylation sites (N-methyl/N-ethyl adjacent to an activating group) is 1. The molecule has 0 bridgehead atoms. The molecule has 0 aromatic heterocycles. The number of rotatable bonds is 5. The summed E-state index contributed by atoms with van der Waals surface area (Å²) in [6.07, 6.45) is 0. The van der Waals surface area contributed by atoms with Crippen LogP contribution < -0.4 is 0 Å². The molecule has 0 N–H and O–H groups in total. The molecule has 2 rings (SSSR count). The van der Waals surface area contributed by atoms with Crippen LogP contribution in [0.25, 0.3) is 0 Å². The van der Waals surface area contributed by atoms with Crippen molar-refractivity contribution in [2.24, 2.45) is 0 Å². The van der Waals surface area contributed by atoms with Crippen LogP contribution in [0, 0.1) is 6.92 Å². The minimum atomic E-state index is 1.20. The summed E-state index contributed by atoms with van der Waals surface area (Å²) in [7, 11) is 0. The molecule has 2 nitrogen and oxygen atoms in total. The predicted octanol–water partition coefficient (Wildman–Crippen LogP) is 2.72. The molecule has 1 saturated heterocycles. The molecule has 1 heterocycles. The third-order valence-corrected chi connectivity index (χ3v) is 4.60. The first kappa shape index (κ1) is 13.9. The smallest absolute Gasteiger partial charge is 0.0110 e. The van der Waals surface area contributed by atoms with Crippen molar-refractivity contribution in [1.29, 1.82) is 0 Å². The van der Waals surface area contributed by atoms with Crippen LogP contribution in [0.1, 0.15) is 12.5 Å². The lowest BCUT2D eigenvalue weighted by Crippen LogP contribution is -2.46. The van der Waals surface area contributed by atoms with Gasteiger partial charge in [0, 0.05) is 43.4 Å². The van der Waals surface area contributed by atoms with Gasteiger partial charge in [0.2, 0.25) is 0 Å². The van der Waals surface area contributed by atoms with E-state index in [4.69, 9.17) is 0 Å². The maximum atomic E-state index is 2.59. The summed E-state index contributed by atoms with van der Waals surface area (Å²) < 4.78 is 0. The number of benzene rings is 1. The van der Waals surface area contributed by atoms with E-state index in [1.54, 1.807) is 0 Å². The van der Waals surface area contributed by atoms with Crippen molar-refractivity contribution in [1.82, 2.24) is 9.80 Å². The van der Waals surface area contributed by atoms with Crippen molar-refractivity contribution < 1.29 is 0 Å². The molecule has 100 valence electrons. The summed E-state index contributed by atoms with van der Waals surface area (Å²) in [5.74, 6) is 1.20. The number of hydrogen-bond acceptors (Lipinski definition) is 3. The molecule has 0 aliphatic carbocycles. The predicted molar refractivity (Wildman–Crippen MR) is 80.5 cm³/mol. The molecular weight excluding hydrogens is 240 g/mol. The molecule has 1 aromatic carbocycles. The Morgan fingerprint density at radius 1 is 1.00 bits per heavy atom. The fraction of sp³-hybridized carbons (Fsp3) is 0.600. The number of thioether (sulfide) groups is 1. The second-order valence-electron chi connectivity index (χ2n) is 4.94. The Balaban J connectivity index is 1.65. The second kappa shape index (κ2) is 7.17. The van der Waals surface area contributed by atoms with Gasteiger partial charge in [-0.05, 0) is 25.6 Å². The summed E-state index contributed by atoms with van der Waals surface area (Å²) in [6, 6.07) is 8.86. The van der Waals surface area contributed by atoms with Crippen LogP contribution in [0.4, 0.5) is 0 Å². The van der Waals surface area contributed by atoms with Gasteiger partial charge in [0.25, 0.3) is 0 Å². The Bertz CT molecular complexity index is 342. The number of nitrogens with zero attached hydrogens (tertiary/aromatic N) is 2. The summed E-state index contributed by atoms with van der Waals surface area (Å²) >= 11 is 1.97. The molecule has 0 amide bonds. The molecule has 0 saturated carbocycles. The van der Waals surface area contributed by atoms with Crippen LogP contribution >= 0.6 is 11.8 Å². The van der Waals surface area contributed by atoms with E-state index in [9.17, 15) is 0 Å². The standard InChI is InChI=1S/C15H24N2S/c1-3-16-8-10-17(11-9-16)12-13-18-15-6-4-14(2)5-7-15/h4-7H,3,8-13H2,1-2H3. The lowest BCUT2D eigenvalue weighted by molar-refractivity contribution is 0.143. The highest BCUT2D eigenvalue weighted by molar-refractivity contribution is 7.99. The quantitative estimate of drug-likeness (QED) is 0.755. The summed E-state index contributed by atoms with van der Waals surface area (Å²) in [6.45, 7) is 11.8. The van der Waals surface area contributed by atoms with Crippen LogP contribution in [0.5, 0.6) is 0 Å². The Hall–Kier alpha value is -0.510. The molecule has 1 aromatic rings. The molecule has 0 unspecified atom stereocenters. The van der Waals surface area contributed by atoms with Gasteiger partial charge in [-0.2, -0.15) is 0 Å². The van der Waals surface area contributed by atoms with Crippen LogP contribution in [0.2, 0.25) is 0 Å². The van der Waals surface area contributed by atoms with E-state index in [0.717, 1.165) is 0 Å². The van der Waals surface area contributed by atoms with Gasteiger partial charge in [-0.1, -0.05) is 24.6 Å². The third kappa shape index (κ3) is 4.30. The highest BCUT2D eigenvalue weighted by Gasteiger charge is 2.14. The zero-order valence-corrected chi connectivity index (χ0v) is 12.4. The molecule has 0 atom stereocenters. The fourth-order valence-corrected chi connectivity index (χ4v) is 3.17. The van der Waals surface area contributed by atoms with E-state index in [1.165, 1.54) is 55.5 Å². The monoisotopic (exact) mass is 264 g/mol. The Morgan fingerprint density at radius 3 is 2.22 bits per heavy atom. The molecule has 1 aliphatic heterocycles. The maximum absolute atomic E-state index is 2.59. The van der Waals surface area contributed by atoms with E-state index >= 15 is 0 Å². The van der Waals surface area contributed by atoms with Gasteiger partial charge >= 0.3 is 0 Å². The normalized spacial score (nSPS) is 18.1. The lowest BCUT2D eigenvalue weighted by Gasteiger charge is -2.33. The average Bonchev–Trinajstić information content (AvgIpc) is 2.42. The molecule has 3 heteroatoms. The summed E-state index contributed by atoms with van der Waals surface area (Å²) in [4.78, 5) is 6.52. The van der Waals surface area contributed by atoms with Gasteiger partial charge in [0.05, 0.1) is 0 Å². The van der Waals surface area contributed by atoms with Crippen LogP contribution in [0.15, 0.2) is 29.2 Å². The van der Waals surface area contributed by atoms with Crippen LogP contribution in [-0.2, 0) is 0 Å². The highest BCUT2D eigenvalue weighted by atomic mass is 32.2. The summed E-state index contributed by atoms with van der Waals surface area (Å²) in [5.41, 5.74) is 1.34. The zero-order valence-electron chi connectivity index (χ0n) is 11.6. The van der Waals surface area contributed by atoms with E-state index in [1.807, 2.05) is 11.8 Å². The molecule has 18 heavy (non-hydrogen) atoms. The first-order chi connectivity index (χ1) is 8.78. The van der Waals surface area contributed by atoms with Crippen molar-refractivity contribution >= 4 is 11.8 Å². The number of aryl methyl sites for hydroxylation is 1. The minimum absolute atomic E-state index is 1.20. The van der Waals surface area contributed by atoms with Crippen molar-refractivity contribution in [3.05, 3.63) is 29.8 Å². The van der Waals surface area contributed by atoms with Gasteiger partial charge in [0.15, 0.2) is 0 Å². The second-order valence-corrected chi connectivity index (χ2v) is 6.11. The number of hydrogen-bond donors (Lipinski definition) is 0. The third-order valence-electron chi connectivity index (χ3n) is 3.61. The van der Waals surface area contributed by atoms with Crippen LogP contribution in [-0.4, -0.2) is 54.8 Å². The first-order valence-electron chi connectivity index (χ1n) is 6.92. The molecule has 1 fully saturated rings. The Kier molecular flexibility index (Phi) is 5.54. The lowest BCUT2D eigenvalue weighted by atomic mass is 10.2. The van der Waals surface area contributed by atoms with Crippen molar-refractivity contribution in [2.75, 3.05) is 45.0 Å². The van der Waals surface area contributed by atoms with Gasteiger partial charge in [0.1, 0.15) is 0 Å². The number of piperazine rings is 1. The first-order valence-corrected chi connectivity index (χ1v) is 7.90. The highest BCUT2D eigenvalue weighted by Crippen LogP contribution is 2.18. The Morgan fingerprint density at radius 2 is 1.61 bits per heavy atom. The van der Waals surface area contributed by atoms with Crippen molar-refractivity contribution in [3.8, 4) is 0 Å². The zero-order chi connectivity index (χ0) is 12.8. The Labute approximate surface area is 115 Å². The molecular formula is C15H24N2S. The van der Waals surface area contributed by atoms with Gasteiger partial charge in [-0.3, -0.25) is 4.90 Å². The minimum Gasteiger partial charge on any atom is -0.301 e. The average molecular weight is 264 g/mol. The summed E-state index contributed by atoms with van der Waals surface area (Å²) in [5, 5.41) is 0. The molecule has 0 spiro atoms. The van der Waals surface area contributed by atoms with E-state index in [0.29, 0.717) is 0 Å². The maximum Gasteiger partial charge on any atom is 0.0110 e. The van der Waals surface area contributed by atoms with Crippen LogP contribution in [0.3, 0.4) is 0 Å². The molecule has 0 radical (unpaired) electrons. The topological polar surface area (TPSA) is 6.48 Å². The van der Waals surface area contributed by atoms with E-state index in [2.05, 4.69) is 47.9 Å². The van der Waals surface area contributed by atoms with Crippen molar-refractivity contribution in [3.63, 3.8) is 0 Å². The van der Waals surface area contributed by atoms with Crippen molar-refractivity contribution in [2.45, 2.75) is 18.7 Å². The fourth-order valence-electron chi connectivity index (χ4n) is 2.26. The van der Waals surface area contributed by atoms with E-state index in [-0.39, 0.29) is 0 Å². The van der Waals surface area contributed by atoms with Gasteiger partial charge < -0.3 is 4.90 Å². The van der Waals surface area contributed by atoms with Gasteiger partial charge in [-0.15, -0.1) is 11.8 Å². The SMILES string of the molecule is CCN1CCN(CCSc2ccc(C)cc2)CC1. The largest absolute Gasteiger partial charge is 0.301 e. The molecule has 1 aliphatic rings. The van der Waals surface area contributed by atoms with E-state index < -0.39 is 0 Å². The van der Waals surface area contributed by atoms with Gasteiger partial charge in [-0.25, -0.2) is 0 Å².